The van der Waals surface area contributed by atoms with Crippen molar-refractivity contribution in [3.05, 3.63) is 36.2 Å². The third kappa shape index (κ3) is 3.93. The lowest BCUT2D eigenvalue weighted by Gasteiger charge is -2.32. The number of aromatic nitrogens is 2. The highest BCUT2D eigenvalue weighted by Crippen LogP contribution is 2.29. The van der Waals surface area contributed by atoms with Crippen molar-refractivity contribution in [2.75, 3.05) is 44.4 Å². The predicted octanol–water partition coefficient (Wildman–Crippen LogP) is 1.99. The number of nitrogen functional groups attached to an aromatic ring is 1. The van der Waals surface area contributed by atoms with E-state index in [2.05, 4.69) is 39.3 Å². The van der Waals surface area contributed by atoms with Crippen LogP contribution in [0.5, 0.6) is 11.6 Å². The van der Waals surface area contributed by atoms with Gasteiger partial charge in [0.15, 0.2) is 5.82 Å². The Labute approximate surface area is 142 Å². The molecular weight excluding hydrogens is 304 g/mol. The molecule has 1 aliphatic rings. The molecule has 2 heterocycles. The lowest BCUT2D eigenvalue weighted by atomic mass is 10.2. The largest absolute Gasteiger partial charge is 0.437 e. The molecule has 0 bridgehead atoms. The van der Waals surface area contributed by atoms with Gasteiger partial charge in [-0.3, -0.25) is 0 Å². The van der Waals surface area contributed by atoms with E-state index in [0.29, 0.717) is 23.1 Å². The molecule has 3 N–H and O–H groups in total. The summed E-state index contributed by atoms with van der Waals surface area (Å²) in [4.78, 5) is 10.7. The maximum Gasteiger partial charge on any atom is 0.248 e. The van der Waals surface area contributed by atoms with Crippen LogP contribution >= 0.6 is 0 Å². The molecule has 1 aliphatic heterocycles. The van der Waals surface area contributed by atoms with Gasteiger partial charge in [0.05, 0.1) is 0 Å². The Morgan fingerprint density at radius 2 is 1.83 bits per heavy atom. The molecule has 1 aromatic heterocycles. The number of piperazine rings is 1. The minimum absolute atomic E-state index is 0.367. The highest BCUT2D eigenvalue weighted by Gasteiger charge is 2.17. The highest BCUT2D eigenvalue weighted by atomic mass is 16.5. The van der Waals surface area contributed by atoms with E-state index >= 15 is 0 Å². The highest BCUT2D eigenvalue weighted by molar-refractivity contribution is 5.66. The zero-order valence-electron chi connectivity index (χ0n) is 14.2. The lowest BCUT2D eigenvalue weighted by Crippen LogP contribution is -2.47. The van der Waals surface area contributed by atoms with Crippen molar-refractivity contribution in [1.29, 1.82) is 0 Å². The van der Waals surface area contributed by atoms with Gasteiger partial charge in [-0.05, 0) is 31.2 Å². The summed E-state index contributed by atoms with van der Waals surface area (Å²) in [6, 6.07) is 7.92. The van der Waals surface area contributed by atoms with E-state index in [1.54, 1.807) is 0 Å². The Morgan fingerprint density at radius 3 is 2.50 bits per heavy atom. The van der Waals surface area contributed by atoms with Gasteiger partial charge in [-0.15, -0.1) is 0 Å². The van der Waals surface area contributed by atoms with Gasteiger partial charge in [0.2, 0.25) is 5.88 Å². The van der Waals surface area contributed by atoms with Crippen molar-refractivity contribution in [2.24, 2.45) is 0 Å². The maximum atomic E-state index is 6.18. The Bertz CT molecular complexity index is 667. The number of ether oxygens (including phenoxy) is 1. The van der Waals surface area contributed by atoms with Crippen LogP contribution < -0.4 is 15.9 Å². The van der Waals surface area contributed by atoms with Gasteiger partial charge in [-0.1, -0.05) is 19.1 Å². The summed E-state index contributed by atoms with van der Waals surface area (Å²) in [7, 11) is 2.12. The number of hydrogen-bond acceptors (Lipinski definition) is 7. The first-order valence-electron chi connectivity index (χ1n) is 8.23. The number of hydrogen-bond donors (Lipinski definition) is 2. The smallest absolute Gasteiger partial charge is 0.248 e. The molecule has 3 rings (SSSR count). The Morgan fingerprint density at radius 1 is 1.12 bits per heavy atom. The topological polar surface area (TPSA) is 79.5 Å². The molecule has 0 saturated carbocycles. The fourth-order valence-corrected chi connectivity index (χ4v) is 2.52. The van der Waals surface area contributed by atoms with Gasteiger partial charge < -0.3 is 20.8 Å². The molecule has 0 atom stereocenters. The number of aryl methyl sites for hydroxylation is 1. The number of nitrogens with one attached hydrogen (secondary N) is 1. The van der Waals surface area contributed by atoms with Crippen LogP contribution in [0.1, 0.15) is 12.5 Å². The second kappa shape index (κ2) is 7.46. The van der Waals surface area contributed by atoms with Gasteiger partial charge in [-0.25, -0.2) is 9.99 Å². The third-order valence-corrected chi connectivity index (χ3v) is 4.16. The molecule has 1 aromatic carbocycles. The van der Waals surface area contributed by atoms with E-state index in [-0.39, 0.29) is 0 Å². The number of nitrogens with zero attached hydrogens (tertiary/aromatic N) is 4. The molecule has 1 saturated heterocycles. The summed E-state index contributed by atoms with van der Waals surface area (Å²) in [6.45, 7) is 5.95. The van der Waals surface area contributed by atoms with E-state index in [1.165, 1.54) is 11.9 Å². The molecular formula is C17H24N6O. The number of nitrogens with two attached hydrogens (primary N) is 1. The van der Waals surface area contributed by atoms with Crippen LogP contribution in [0.15, 0.2) is 30.6 Å². The van der Waals surface area contributed by atoms with E-state index in [9.17, 15) is 0 Å². The minimum atomic E-state index is 0.367. The normalized spacial score (nSPS) is 16.1. The van der Waals surface area contributed by atoms with E-state index in [0.717, 1.165) is 32.6 Å². The van der Waals surface area contributed by atoms with Crippen molar-refractivity contribution < 1.29 is 4.74 Å². The summed E-state index contributed by atoms with van der Waals surface area (Å²) in [5.74, 6) is 1.66. The van der Waals surface area contributed by atoms with Crippen LogP contribution in [0, 0.1) is 0 Å². The molecule has 0 spiro atoms. The molecule has 128 valence electrons. The van der Waals surface area contributed by atoms with Crippen LogP contribution in [0.2, 0.25) is 0 Å². The van der Waals surface area contributed by atoms with Crippen molar-refractivity contribution in [3.63, 3.8) is 0 Å². The quantitative estimate of drug-likeness (QED) is 0.869. The standard InChI is InChI=1S/C17H24N6O/c1-3-13-4-6-14(7-5-13)24-17-15(18)16(19-12-20-17)21-23-10-8-22(2)9-11-23/h4-7,12H,3,8-11,18H2,1-2H3,(H,19,20,21). The van der Waals surface area contributed by atoms with E-state index < -0.39 is 0 Å². The summed E-state index contributed by atoms with van der Waals surface area (Å²) in [5, 5.41) is 2.11. The Balaban J connectivity index is 1.70. The molecule has 1 fully saturated rings. The zero-order valence-corrected chi connectivity index (χ0v) is 14.2. The van der Waals surface area contributed by atoms with Crippen LogP contribution in [-0.4, -0.2) is 53.1 Å². The molecule has 2 aromatic rings. The van der Waals surface area contributed by atoms with Gasteiger partial charge in [0, 0.05) is 26.2 Å². The SMILES string of the molecule is CCc1ccc(Oc2ncnc(NN3CCN(C)CC3)c2N)cc1. The summed E-state index contributed by atoms with van der Waals surface area (Å²) < 4.78 is 5.81. The minimum Gasteiger partial charge on any atom is -0.437 e. The van der Waals surface area contributed by atoms with E-state index in [4.69, 9.17) is 10.5 Å². The lowest BCUT2D eigenvalue weighted by molar-refractivity contribution is 0.178. The number of hydrazine groups is 1. The molecule has 24 heavy (non-hydrogen) atoms. The van der Waals surface area contributed by atoms with Crippen molar-refractivity contribution in [3.8, 4) is 11.6 Å². The van der Waals surface area contributed by atoms with Crippen molar-refractivity contribution >= 4 is 11.5 Å². The van der Waals surface area contributed by atoms with Gasteiger partial charge in [0.25, 0.3) is 0 Å². The average Bonchev–Trinajstić information content (AvgIpc) is 2.61. The van der Waals surface area contributed by atoms with Gasteiger partial charge in [-0.2, -0.15) is 4.98 Å². The number of benzene rings is 1. The average molecular weight is 328 g/mol. The predicted molar refractivity (Wildman–Crippen MR) is 95.0 cm³/mol. The molecule has 0 amide bonds. The fraction of sp³-hybridized carbons (Fsp3) is 0.412. The zero-order chi connectivity index (χ0) is 16.9. The van der Waals surface area contributed by atoms with Crippen LogP contribution in [0.4, 0.5) is 11.5 Å². The number of likely N-dealkylation sites (N-methyl/N-ethyl adjacent to an activating group) is 1. The number of anilines is 2. The Hall–Kier alpha value is -2.38. The first-order valence-corrected chi connectivity index (χ1v) is 8.23. The summed E-state index contributed by atoms with van der Waals surface area (Å²) in [6.07, 6.45) is 2.46. The first-order chi connectivity index (χ1) is 11.7. The third-order valence-electron chi connectivity index (χ3n) is 4.16. The maximum absolute atomic E-state index is 6.18. The molecule has 0 aliphatic carbocycles. The number of rotatable bonds is 5. The molecule has 7 nitrogen and oxygen atoms in total. The van der Waals surface area contributed by atoms with Gasteiger partial charge in [0.1, 0.15) is 17.8 Å². The Kier molecular flexibility index (Phi) is 5.12. The van der Waals surface area contributed by atoms with Crippen LogP contribution in [0.25, 0.3) is 0 Å². The first kappa shape index (κ1) is 16.5. The summed E-state index contributed by atoms with van der Waals surface area (Å²) >= 11 is 0. The molecule has 7 heteroatoms. The van der Waals surface area contributed by atoms with Crippen molar-refractivity contribution in [1.82, 2.24) is 19.9 Å². The second-order valence-electron chi connectivity index (χ2n) is 5.94. The van der Waals surface area contributed by atoms with Crippen LogP contribution in [0.3, 0.4) is 0 Å². The molecule has 0 radical (unpaired) electrons. The van der Waals surface area contributed by atoms with E-state index in [1.807, 2.05) is 24.3 Å². The van der Waals surface area contributed by atoms with Gasteiger partial charge >= 0.3 is 0 Å². The fourth-order valence-electron chi connectivity index (χ4n) is 2.52. The second-order valence-corrected chi connectivity index (χ2v) is 5.94. The summed E-state index contributed by atoms with van der Waals surface area (Å²) in [5.41, 5.74) is 11.1. The van der Waals surface area contributed by atoms with Crippen LogP contribution in [-0.2, 0) is 6.42 Å². The monoisotopic (exact) mass is 328 g/mol. The molecule has 0 unspecified atom stereocenters. The van der Waals surface area contributed by atoms with Crippen molar-refractivity contribution in [2.45, 2.75) is 13.3 Å².